The Morgan fingerprint density at radius 2 is 1.71 bits per heavy atom. The molecule has 1 unspecified atom stereocenters. The van der Waals surface area contributed by atoms with Crippen molar-refractivity contribution in [2.75, 3.05) is 23.9 Å². The molecule has 5 rings (SSSR count). The number of amides is 1. The van der Waals surface area contributed by atoms with Crippen molar-refractivity contribution in [3.05, 3.63) is 98.7 Å². The lowest BCUT2D eigenvalue weighted by atomic mass is 10.0. The van der Waals surface area contributed by atoms with Crippen LogP contribution in [0.5, 0.6) is 0 Å². The van der Waals surface area contributed by atoms with E-state index in [4.69, 9.17) is 11.6 Å². The van der Waals surface area contributed by atoms with Crippen molar-refractivity contribution in [2.24, 2.45) is 14.1 Å². The summed E-state index contributed by atoms with van der Waals surface area (Å²) in [6, 6.07) is 14.9. The van der Waals surface area contributed by atoms with Crippen molar-refractivity contribution in [1.29, 1.82) is 0 Å². The fourth-order valence-electron chi connectivity index (χ4n) is 4.77. The minimum Gasteiger partial charge on any atom is -0.363 e. The van der Waals surface area contributed by atoms with Crippen LogP contribution in [-0.2, 0) is 14.1 Å². The zero-order valence-corrected chi connectivity index (χ0v) is 21.0. The monoisotopic (exact) mass is 487 g/mol. The second-order valence-electron chi connectivity index (χ2n) is 9.11. The van der Waals surface area contributed by atoms with E-state index in [0.29, 0.717) is 21.8 Å². The van der Waals surface area contributed by atoms with Crippen LogP contribution in [0.3, 0.4) is 0 Å². The molecule has 0 radical (unpaired) electrons. The van der Waals surface area contributed by atoms with E-state index in [1.54, 1.807) is 31.1 Å². The number of benzene rings is 1. The highest BCUT2D eigenvalue weighted by Gasteiger charge is 2.42. The summed E-state index contributed by atoms with van der Waals surface area (Å²) in [5.41, 5.74) is 5.46. The lowest BCUT2D eigenvalue weighted by molar-refractivity contribution is 0.0993. The van der Waals surface area contributed by atoms with Gasteiger partial charge in [0.2, 0.25) is 0 Å². The first-order valence-electron chi connectivity index (χ1n) is 11.3. The van der Waals surface area contributed by atoms with Gasteiger partial charge in [-0.05, 0) is 48.9 Å². The van der Waals surface area contributed by atoms with Crippen molar-refractivity contribution < 1.29 is 4.79 Å². The minimum absolute atomic E-state index is 0.0862. The number of anilines is 2. The number of aryl methyl sites for hydroxylation is 2. The van der Waals surface area contributed by atoms with Gasteiger partial charge in [0.25, 0.3) is 11.5 Å². The predicted molar refractivity (Wildman–Crippen MR) is 139 cm³/mol. The maximum Gasteiger partial charge on any atom is 0.261 e. The van der Waals surface area contributed by atoms with Gasteiger partial charge in [0.15, 0.2) is 0 Å². The van der Waals surface area contributed by atoms with Gasteiger partial charge in [0, 0.05) is 56.7 Å². The molecule has 178 valence electrons. The molecule has 0 saturated carbocycles. The van der Waals surface area contributed by atoms with Gasteiger partial charge < -0.3 is 14.0 Å². The predicted octanol–water partition coefficient (Wildman–Crippen LogP) is 4.56. The summed E-state index contributed by atoms with van der Waals surface area (Å²) < 4.78 is 3.58. The highest BCUT2D eigenvalue weighted by Crippen LogP contribution is 2.44. The number of hydrogen-bond donors (Lipinski definition) is 0. The lowest BCUT2D eigenvalue weighted by Crippen LogP contribution is -2.31. The van der Waals surface area contributed by atoms with Gasteiger partial charge in [-0.1, -0.05) is 23.7 Å². The molecule has 0 spiro atoms. The van der Waals surface area contributed by atoms with Crippen molar-refractivity contribution in [3.8, 4) is 11.3 Å². The molecule has 0 aliphatic carbocycles. The second-order valence-corrected chi connectivity index (χ2v) is 9.55. The van der Waals surface area contributed by atoms with Crippen LogP contribution in [-0.4, -0.2) is 34.1 Å². The number of halogens is 1. The van der Waals surface area contributed by atoms with Gasteiger partial charge in [0.1, 0.15) is 11.9 Å². The van der Waals surface area contributed by atoms with Crippen molar-refractivity contribution in [1.82, 2.24) is 14.1 Å². The summed E-state index contributed by atoms with van der Waals surface area (Å²) in [4.78, 5) is 34.5. The maximum absolute atomic E-state index is 13.9. The van der Waals surface area contributed by atoms with Crippen molar-refractivity contribution in [3.63, 3.8) is 0 Å². The molecule has 7 nitrogen and oxygen atoms in total. The first kappa shape index (κ1) is 22.9. The number of carbonyl (C=O) groups excluding carboxylic acids is 1. The summed E-state index contributed by atoms with van der Waals surface area (Å²) in [6.07, 6.45) is 3.54. The van der Waals surface area contributed by atoms with E-state index in [0.717, 1.165) is 28.3 Å². The number of nitrogens with zero attached hydrogens (tertiary/aromatic N) is 5. The molecule has 3 aromatic heterocycles. The molecule has 35 heavy (non-hydrogen) atoms. The average molecular weight is 488 g/mol. The van der Waals surface area contributed by atoms with Crippen molar-refractivity contribution >= 4 is 29.0 Å². The van der Waals surface area contributed by atoms with Crippen molar-refractivity contribution in [2.45, 2.75) is 13.0 Å². The third-order valence-corrected chi connectivity index (χ3v) is 6.81. The molecular weight excluding hydrogens is 462 g/mol. The molecule has 8 heteroatoms. The number of rotatable bonds is 4. The van der Waals surface area contributed by atoms with Gasteiger partial charge in [-0.2, -0.15) is 0 Å². The molecule has 1 aliphatic heterocycles. The Bertz CT molecular complexity index is 1470. The van der Waals surface area contributed by atoms with Crippen LogP contribution in [0.2, 0.25) is 5.02 Å². The molecule has 0 fully saturated rings. The van der Waals surface area contributed by atoms with E-state index in [1.165, 1.54) is 4.57 Å². The van der Waals surface area contributed by atoms with E-state index >= 15 is 0 Å². The van der Waals surface area contributed by atoms with Gasteiger partial charge in [-0.3, -0.25) is 14.5 Å². The van der Waals surface area contributed by atoms with Crippen LogP contribution < -0.4 is 15.4 Å². The van der Waals surface area contributed by atoms with Gasteiger partial charge >= 0.3 is 0 Å². The fourth-order valence-corrected chi connectivity index (χ4v) is 4.90. The van der Waals surface area contributed by atoms with Gasteiger partial charge in [-0.25, -0.2) is 4.98 Å². The molecule has 1 amide bonds. The summed E-state index contributed by atoms with van der Waals surface area (Å²) in [5, 5.41) is 0.627. The Kier molecular flexibility index (Phi) is 5.52. The Balaban J connectivity index is 1.69. The van der Waals surface area contributed by atoms with Crippen LogP contribution in [0.4, 0.5) is 11.5 Å². The zero-order valence-electron chi connectivity index (χ0n) is 20.3. The summed E-state index contributed by atoms with van der Waals surface area (Å²) >= 11 is 6.18. The molecule has 4 aromatic rings. The largest absolute Gasteiger partial charge is 0.363 e. The van der Waals surface area contributed by atoms with Crippen LogP contribution in [0.25, 0.3) is 11.3 Å². The van der Waals surface area contributed by atoms with E-state index in [-0.39, 0.29) is 17.5 Å². The molecule has 1 atom stereocenters. The topological polar surface area (TPSA) is 63.4 Å². The fraction of sp³-hybridized carbons (Fsp3) is 0.222. The van der Waals surface area contributed by atoms with E-state index in [9.17, 15) is 9.59 Å². The third kappa shape index (κ3) is 3.72. The standard InChI is InChI=1S/C27H26ClN5O2/c1-16-12-20(15-31(4)26(16)34)33-24(17-6-9-19(28)10-7-17)25-21(27(33)35)13-22(32(25)5)18-8-11-23(29-14-18)30(2)3/h6-15,24H,1-5H3. The molecule has 0 N–H and O–H groups in total. The first-order chi connectivity index (χ1) is 16.7. The Labute approximate surface area is 208 Å². The van der Waals surface area contributed by atoms with Gasteiger partial charge in [0.05, 0.1) is 22.6 Å². The summed E-state index contributed by atoms with van der Waals surface area (Å²) in [7, 11) is 7.57. The third-order valence-electron chi connectivity index (χ3n) is 6.56. The molecule has 0 bridgehead atoms. The average Bonchev–Trinajstić information content (AvgIpc) is 3.32. The first-order valence-corrected chi connectivity index (χ1v) is 11.6. The summed E-state index contributed by atoms with van der Waals surface area (Å²) in [6.45, 7) is 1.76. The number of hydrogen-bond acceptors (Lipinski definition) is 4. The van der Waals surface area contributed by atoms with Crippen LogP contribution in [0.15, 0.2) is 65.7 Å². The summed E-state index contributed by atoms with van der Waals surface area (Å²) in [5.74, 6) is 0.750. The van der Waals surface area contributed by atoms with Crippen LogP contribution in [0.1, 0.15) is 33.2 Å². The quantitative estimate of drug-likeness (QED) is 0.423. The number of pyridine rings is 2. The van der Waals surface area contributed by atoms with E-state index < -0.39 is 0 Å². The number of fused-ring (bicyclic) bond motifs is 1. The van der Waals surface area contributed by atoms with E-state index in [1.807, 2.05) is 74.7 Å². The highest BCUT2D eigenvalue weighted by molar-refractivity contribution is 6.30. The zero-order chi connectivity index (χ0) is 25.0. The number of carbonyl (C=O) groups is 1. The Morgan fingerprint density at radius 3 is 2.31 bits per heavy atom. The van der Waals surface area contributed by atoms with Crippen LogP contribution >= 0.6 is 11.6 Å². The normalized spacial score (nSPS) is 15.0. The highest BCUT2D eigenvalue weighted by atomic mass is 35.5. The Hall–Kier alpha value is -3.84. The molecular formula is C27H26ClN5O2. The second kappa shape index (κ2) is 8.43. The van der Waals surface area contributed by atoms with Gasteiger partial charge in [-0.15, -0.1) is 0 Å². The molecule has 1 aliphatic rings. The molecule has 1 aromatic carbocycles. The van der Waals surface area contributed by atoms with Crippen LogP contribution in [0, 0.1) is 6.92 Å². The lowest BCUT2D eigenvalue weighted by Gasteiger charge is -2.28. The Morgan fingerprint density at radius 1 is 1.00 bits per heavy atom. The SMILES string of the molecule is Cc1cc(N2C(=O)c3cc(-c4ccc(N(C)C)nc4)n(C)c3C2c2ccc(Cl)cc2)cn(C)c1=O. The maximum atomic E-state index is 13.9. The molecule has 4 heterocycles. The molecule has 0 saturated heterocycles. The smallest absolute Gasteiger partial charge is 0.261 e. The number of aromatic nitrogens is 3. The van der Waals surface area contributed by atoms with E-state index in [2.05, 4.69) is 9.55 Å². The minimum atomic E-state index is -0.376.